The second kappa shape index (κ2) is 11.7. The predicted octanol–water partition coefficient (Wildman–Crippen LogP) is 5.11. The first-order valence-corrected chi connectivity index (χ1v) is 11.1. The third-order valence-corrected chi connectivity index (χ3v) is 5.52. The van der Waals surface area contributed by atoms with Crippen molar-refractivity contribution in [1.29, 1.82) is 0 Å². The van der Waals surface area contributed by atoms with Crippen LogP contribution < -0.4 is 20.7 Å². The molecule has 182 valence electrons. The number of benzene rings is 3. The molecule has 1 unspecified atom stereocenters. The van der Waals surface area contributed by atoms with Crippen molar-refractivity contribution < 1.29 is 23.9 Å². The van der Waals surface area contributed by atoms with Crippen molar-refractivity contribution in [1.82, 2.24) is 0 Å². The minimum Gasteiger partial charge on any atom is -0.495 e. The van der Waals surface area contributed by atoms with Crippen LogP contribution in [-0.4, -0.2) is 32.1 Å². The van der Waals surface area contributed by atoms with Crippen LogP contribution in [0, 0.1) is 6.92 Å². The molecule has 0 saturated heterocycles. The van der Waals surface area contributed by atoms with Crippen LogP contribution in [-0.2, 0) is 20.7 Å². The minimum absolute atomic E-state index is 0.117. The van der Waals surface area contributed by atoms with Gasteiger partial charge in [-0.2, -0.15) is 0 Å². The number of rotatable bonds is 8. The summed E-state index contributed by atoms with van der Waals surface area (Å²) in [5.41, 5.74) is 4.29. The lowest BCUT2D eigenvalue weighted by Crippen LogP contribution is -2.20. The minimum atomic E-state index is -0.395. The number of urea groups is 1. The Hall–Kier alpha value is -4.33. The average Bonchev–Trinajstić information content (AvgIpc) is 2.85. The van der Waals surface area contributed by atoms with Crippen LogP contribution in [0.4, 0.5) is 21.9 Å². The first-order chi connectivity index (χ1) is 16.8. The Morgan fingerprint density at radius 2 is 1.54 bits per heavy atom. The van der Waals surface area contributed by atoms with Gasteiger partial charge in [0.15, 0.2) is 0 Å². The van der Waals surface area contributed by atoms with E-state index in [0.29, 0.717) is 22.8 Å². The van der Waals surface area contributed by atoms with Gasteiger partial charge in [0.25, 0.3) is 0 Å². The molecule has 0 saturated carbocycles. The molecule has 3 aromatic carbocycles. The van der Waals surface area contributed by atoms with E-state index in [1.807, 2.05) is 31.2 Å². The Bertz CT molecular complexity index is 1210. The molecule has 0 aliphatic carbocycles. The molecule has 1 atom stereocenters. The zero-order valence-corrected chi connectivity index (χ0v) is 20.2. The van der Waals surface area contributed by atoms with Crippen LogP contribution in [0.5, 0.6) is 5.75 Å². The zero-order valence-electron chi connectivity index (χ0n) is 20.2. The highest BCUT2D eigenvalue weighted by molar-refractivity contribution is 6.01. The third-order valence-electron chi connectivity index (χ3n) is 5.52. The van der Waals surface area contributed by atoms with Crippen molar-refractivity contribution in [2.24, 2.45) is 0 Å². The number of carbonyl (C=O) groups is 3. The molecular formula is C27H29N3O5. The summed E-state index contributed by atoms with van der Waals surface area (Å²) in [4.78, 5) is 36.6. The van der Waals surface area contributed by atoms with Crippen LogP contribution in [0.2, 0.25) is 0 Å². The Morgan fingerprint density at radius 1 is 0.857 bits per heavy atom. The van der Waals surface area contributed by atoms with E-state index in [1.165, 1.54) is 14.2 Å². The number of hydrogen-bond acceptors (Lipinski definition) is 5. The van der Waals surface area contributed by atoms with E-state index in [-0.39, 0.29) is 24.2 Å². The van der Waals surface area contributed by atoms with Crippen molar-refractivity contribution in [2.75, 3.05) is 30.2 Å². The highest BCUT2D eigenvalue weighted by Gasteiger charge is 2.16. The van der Waals surface area contributed by atoms with E-state index in [2.05, 4.69) is 16.0 Å². The first kappa shape index (κ1) is 25.3. The number of methoxy groups -OCH3 is 2. The fourth-order valence-electron chi connectivity index (χ4n) is 3.50. The Labute approximate surface area is 204 Å². The quantitative estimate of drug-likeness (QED) is 0.393. The van der Waals surface area contributed by atoms with Crippen LogP contribution in [0.15, 0.2) is 66.7 Å². The molecule has 8 nitrogen and oxygen atoms in total. The van der Waals surface area contributed by atoms with Gasteiger partial charge in [0, 0.05) is 11.4 Å². The summed E-state index contributed by atoms with van der Waals surface area (Å²) in [5, 5.41) is 8.43. The van der Waals surface area contributed by atoms with Crippen molar-refractivity contribution in [3.05, 3.63) is 83.4 Å². The summed E-state index contributed by atoms with van der Waals surface area (Å²) in [6.07, 6.45) is 0.117. The summed E-state index contributed by atoms with van der Waals surface area (Å²) in [5.74, 6) is -0.473. The van der Waals surface area contributed by atoms with E-state index in [4.69, 9.17) is 9.47 Å². The van der Waals surface area contributed by atoms with Gasteiger partial charge in [0.05, 0.1) is 32.2 Å². The molecule has 8 heteroatoms. The lowest BCUT2D eigenvalue weighted by molar-refractivity contribution is -0.142. The summed E-state index contributed by atoms with van der Waals surface area (Å²) in [6.45, 7) is 3.67. The molecule has 0 bridgehead atoms. The number of nitrogens with one attached hydrogen (secondary N) is 3. The molecule has 0 heterocycles. The number of esters is 1. The monoisotopic (exact) mass is 475 g/mol. The molecule has 0 spiro atoms. The van der Waals surface area contributed by atoms with Crippen molar-refractivity contribution in [3.8, 4) is 5.75 Å². The second-order valence-corrected chi connectivity index (χ2v) is 8.02. The van der Waals surface area contributed by atoms with E-state index in [9.17, 15) is 14.4 Å². The van der Waals surface area contributed by atoms with E-state index in [1.54, 1.807) is 49.4 Å². The number of aryl methyl sites for hydroxylation is 1. The third kappa shape index (κ3) is 6.83. The lowest BCUT2D eigenvalue weighted by atomic mass is 10.0. The number of carbonyl (C=O) groups excluding carboxylic acids is 3. The molecule has 0 aliphatic heterocycles. The molecule has 0 aliphatic rings. The maximum atomic E-state index is 12.5. The molecule has 3 rings (SSSR count). The number of amides is 3. The fourth-order valence-corrected chi connectivity index (χ4v) is 3.50. The molecule has 3 aromatic rings. The molecular weight excluding hydrogens is 446 g/mol. The number of ether oxygens (including phenoxy) is 2. The van der Waals surface area contributed by atoms with Gasteiger partial charge < -0.3 is 25.4 Å². The first-order valence-electron chi connectivity index (χ1n) is 11.1. The Morgan fingerprint density at radius 3 is 2.20 bits per heavy atom. The van der Waals surface area contributed by atoms with Crippen molar-refractivity contribution in [2.45, 2.75) is 26.2 Å². The van der Waals surface area contributed by atoms with Crippen molar-refractivity contribution in [3.63, 3.8) is 0 Å². The van der Waals surface area contributed by atoms with Gasteiger partial charge in [-0.25, -0.2) is 4.79 Å². The van der Waals surface area contributed by atoms with Crippen LogP contribution in [0.1, 0.15) is 29.5 Å². The van der Waals surface area contributed by atoms with Gasteiger partial charge >= 0.3 is 12.0 Å². The van der Waals surface area contributed by atoms with Gasteiger partial charge in [-0.1, -0.05) is 36.4 Å². The molecule has 0 radical (unpaired) electrons. The topological polar surface area (TPSA) is 106 Å². The van der Waals surface area contributed by atoms with Crippen LogP contribution >= 0.6 is 0 Å². The smallest absolute Gasteiger partial charge is 0.323 e. The van der Waals surface area contributed by atoms with Gasteiger partial charge in [-0.15, -0.1) is 0 Å². The van der Waals surface area contributed by atoms with E-state index in [0.717, 1.165) is 16.7 Å². The summed E-state index contributed by atoms with van der Waals surface area (Å²) >= 11 is 0. The number of para-hydroxylation sites is 1. The summed E-state index contributed by atoms with van der Waals surface area (Å²) < 4.78 is 10.2. The largest absolute Gasteiger partial charge is 0.495 e. The standard InChI is InChI=1S/C27H29N3O5/c1-17-7-5-6-8-22(17)29-27(33)30-23-14-9-19(15-24(23)34-3)16-25(31)28-21-12-10-20(11-13-21)18(2)26(32)35-4/h5-15,18H,16H2,1-4H3,(H,28,31)(H2,29,30,33). The lowest BCUT2D eigenvalue weighted by Gasteiger charge is -2.14. The van der Waals surface area contributed by atoms with Gasteiger partial charge in [0.2, 0.25) is 5.91 Å². The highest BCUT2D eigenvalue weighted by atomic mass is 16.5. The van der Waals surface area contributed by atoms with Crippen LogP contribution in [0.25, 0.3) is 0 Å². The highest BCUT2D eigenvalue weighted by Crippen LogP contribution is 2.27. The van der Waals surface area contributed by atoms with E-state index < -0.39 is 6.03 Å². The van der Waals surface area contributed by atoms with Crippen molar-refractivity contribution >= 4 is 35.0 Å². The summed E-state index contributed by atoms with van der Waals surface area (Å²) in [6, 6.07) is 19.3. The molecule has 0 aromatic heterocycles. The van der Waals surface area contributed by atoms with Gasteiger partial charge in [-0.05, 0) is 60.9 Å². The van der Waals surface area contributed by atoms with Crippen LogP contribution in [0.3, 0.4) is 0 Å². The Kier molecular flexibility index (Phi) is 8.45. The molecule has 3 amide bonds. The zero-order chi connectivity index (χ0) is 25.4. The van der Waals surface area contributed by atoms with E-state index >= 15 is 0 Å². The number of anilines is 3. The molecule has 35 heavy (non-hydrogen) atoms. The fraction of sp³-hybridized carbons (Fsp3) is 0.222. The maximum absolute atomic E-state index is 12.5. The summed E-state index contributed by atoms with van der Waals surface area (Å²) in [7, 11) is 2.85. The van der Waals surface area contributed by atoms with Gasteiger partial charge in [0.1, 0.15) is 5.75 Å². The predicted molar refractivity (Wildman–Crippen MR) is 136 cm³/mol. The average molecular weight is 476 g/mol. The Balaban J connectivity index is 1.60. The molecule has 3 N–H and O–H groups in total. The molecule has 0 fully saturated rings. The SMILES string of the molecule is COC(=O)C(C)c1ccc(NC(=O)Cc2ccc(NC(=O)Nc3ccccc3C)c(OC)c2)cc1. The normalized spacial score (nSPS) is 11.2. The maximum Gasteiger partial charge on any atom is 0.323 e. The number of hydrogen-bond donors (Lipinski definition) is 3. The second-order valence-electron chi connectivity index (χ2n) is 8.02. The van der Waals surface area contributed by atoms with Gasteiger partial charge in [-0.3, -0.25) is 9.59 Å².